The summed E-state index contributed by atoms with van der Waals surface area (Å²) in [6.07, 6.45) is 0. The van der Waals surface area contributed by atoms with Crippen LogP contribution in [0.2, 0.25) is 0 Å². The lowest BCUT2D eigenvalue weighted by atomic mass is 10.2. The number of hydrogen-bond donors (Lipinski definition) is 0. The summed E-state index contributed by atoms with van der Waals surface area (Å²) in [6.45, 7) is 0. The fraction of sp³-hybridized carbons (Fsp3) is 0. The summed E-state index contributed by atoms with van der Waals surface area (Å²) in [5.74, 6) is 0.358. The first-order valence-electron chi connectivity index (χ1n) is 9.62. The minimum atomic E-state index is -0.516. The first kappa shape index (κ1) is 20.6. The van der Waals surface area contributed by atoms with Crippen molar-refractivity contribution in [1.82, 2.24) is 25.4 Å². The van der Waals surface area contributed by atoms with Crippen molar-refractivity contribution in [3.63, 3.8) is 0 Å². The normalized spacial score (nSPS) is 10.8. The van der Waals surface area contributed by atoms with Gasteiger partial charge >= 0.3 is 0 Å². The molecule has 0 amide bonds. The molecule has 3 heterocycles. The molecule has 5 aromatic rings. The van der Waals surface area contributed by atoms with Gasteiger partial charge in [0, 0.05) is 35.4 Å². The van der Waals surface area contributed by atoms with E-state index in [2.05, 4.69) is 25.4 Å². The lowest BCUT2D eigenvalue weighted by molar-refractivity contribution is -0.385. The predicted octanol–water partition coefficient (Wildman–Crippen LogP) is 4.33. The SMILES string of the molecule is O=[N+]([O-])c1cccc(-c2nnc(-c3cccc(-c4nnc(-c5cccc([N+](=O)[O-])c5)o4)n3)o2)c1. The molecule has 166 valence electrons. The highest BCUT2D eigenvalue weighted by Gasteiger charge is 2.18. The molecular weight excluding hydrogens is 446 g/mol. The van der Waals surface area contributed by atoms with Crippen LogP contribution in [-0.2, 0) is 0 Å². The fourth-order valence-electron chi connectivity index (χ4n) is 3.06. The molecule has 0 N–H and O–H groups in total. The third-order valence-electron chi connectivity index (χ3n) is 4.65. The first-order valence-corrected chi connectivity index (χ1v) is 9.62. The van der Waals surface area contributed by atoms with E-state index in [1.165, 1.54) is 36.4 Å². The second kappa shape index (κ2) is 8.31. The molecule has 0 spiro atoms. The molecule has 0 saturated carbocycles. The highest BCUT2D eigenvalue weighted by atomic mass is 16.6. The van der Waals surface area contributed by atoms with Crippen molar-refractivity contribution in [1.29, 1.82) is 0 Å². The Bertz CT molecular complexity index is 1430. The Kier molecular flexibility index (Phi) is 5.03. The van der Waals surface area contributed by atoms with E-state index in [-0.39, 0.29) is 34.9 Å². The van der Waals surface area contributed by atoms with Gasteiger partial charge in [-0.25, -0.2) is 4.98 Å². The van der Waals surface area contributed by atoms with Gasteiger partial charge in [-0.3, -0.25) is 20.2 Å². The van der Waals surface area contributed by atoms with Gasteiger partial charge in [0.2, 0.25) is 11.8 Å². The monoisotopic (exact) mass is 457 g/mol. The van der Waals surface area contributed by atoms with E-state index >= 15 is 0 Å². The van der Waals surface area contributed by atoms with Crippen LogP contribution in [0.3, 0.4) is 0 Å². The Morgan fingerprint density at radius 2 is 1.00 bits per heavy atom. The summed E-state index contributed by atoms with van der Waals surface area (Å²) in [5, 5.41) is 37.8. The number of pyridine rings is 1. The summed E-state index contributed by atoms with van der Waals surface area (Å²) in [4.78, 5) is 25.4. The molecule has 0 radical (unpaired) electrons. The summed E-state index contributed by atoms with van der Waals surface area (Å²) in [7, 11) is 0. The average molecular weight is 457 g/mol. The maximum Gasteiger partial charge on any atom is 0.270 e. The lowest BCUT2D eigenvalue weighted by Gasteiger charge is -1.98. The van der Waals surface area contributed by atoms with Gasteiger partial charge in [0.15, 0.2) is 0 Å². The van der Waals surface area contributed by atoms with Crippen molar-refractivity contribution in [3.8, 4) is 46.1 Å². The molecule has 3 aromatic heterocycles. The Hall–Kier alpha value is -5.33. The molecule has 34 heavy (non-hydrogen) atoms. The van der Waals surface area contributed by atoms with Crippen molar-refractivity contribution < 1.29 is 18.7 Å². The van der Waals surface area contributed by atoms with Crippen LogP contribution in [0.15, 0.2) is 75.6 Å². The molecule has 13 heteroatoms. The number of nitro groups is 2. The third-order valence-corrected chi connectivity index (χ3v) is 4.65. The minimum Gasteiger partial charge on any atom is -0.415 e. The molecule has 0 saturated heterocycles. The topological polar surface area (TPSA) is 177 Å². The summed E-state index contributed by atoms with van der Waals surface area (Å²) in [5.41, 5.74) is 1.21. The van der Waals surface area contributed by atoms with E-state index in [9.17, 15) is 20.2 Å². The van der Waals surface area contributed by atoms with Crippen molar-refractivity contribution >= 4 is 11.4 Å². The Labute approximate surface area is 189 Å². The molecular formula is C21H11N7O6. The highest BCUT2D eigenvalue weighted by molar-refractivity contribution is 5.62. The van der Waals surface area contributed by atoms with E-state index in [4.69, 9.17) is 8.83 Å². The van der Waals surface area contributed by atoms with Gasteiger partial charge in [0.25, 0.3) is 23.2 Å². The van der Waals surface area contributed by atoms with Crippen LogP contribution in [0.4, 0.5) is 11.4 Å². The number of hydrogen-bond acceptors (Lipinski definition) is 11. The maximum atomic E-state index is 11.0. The Morgan fingerprint density at radius 1 is 0.588 bits per heavy atom. The number of nitrogens with zero attached hydrogens (tertiary/aromatic N) is 7. The average Bonchev–Trinajstić information content (AvgIpc) is 3.55. The number of aromatic nitrogens is 5. The van der Waals surface area contributed by atoms with E-state index in [1.54, 1.807) is 30.3 Å². The molecule has 2 aromatic carbocycles. The van der Waals surface area contributed by atoms with E-state index in [0.29, 0.717) is 22.5 Å². The van der Waals surface area contributed by atoms with Gasteiger partial charge in [-0.15, -0.1) is 20.4 Å². The van der Waals surface area contributed by atoms with Gasteiger partial charge in [0.05, 0.1) is 9.85 Å². The molecule has 0 bridgehead atoms. The number of non-ortho nitro benzene ring substituents is 2. The molecule has 0 aliphatic heterocycles. The quantitative estimate of drug-likeness (QED) is 0.262. The molecule has 0 fully saturated rings. The highest BCUT2D eigenvalue weighted by Crippen LogP contribution is 2.28. The van der Waals surface area contributed by atoms with Crippen molar-refractivity contribution in [2.24, 2.45) is 0 Å². The molecule has 0 aliphatic carbocycles. The zero-order valence-electron chi connectivity index (χ0n) is 16.9. The second-order valence-corrected chi connectivity index (χ2v) is 6.85. The molecule has 5 rings (SSSR count). The summed E-state index contributed by atoms with van der Waals surface area (Å²) in [6, 6.07) is 16.6. The van der Waals surface area contributed by atoms with Crippen LogP contribution in [0, 0.1) is 20.2 Å². The summed E-state index contributed by atoms with van der Waals surface area (Å²) >= 11 is 0. The first-order chi connectivity index (χ1) is 16.5. The van der Waals surface area contributed by atoms with Crippen LogP contribution in [0.1, 0.15) is 0 Å². The molecule has 0 unspecified atom stereocenters. The van der Waals surface area contributed by atoms with E-state index < -0.39 is 9.85 Å². The van der Waals surface area contributed by atoms with Gasteiger partial charge < -0.3 is 8.83 Å². The van der Waals surface area contributed by atoms with Crippen LogP contribution >= 0.6 is 0 Å². The Balaban J connectivity index is 1.43. The zero-order chi connectivity index (χ0) is 23.7. The van der Waals surface area contributed by atoms with Crippen molar-refractivity contribution in [2.45, 2.75) is 0 Å². The zero-order valence-corrected chi connectivity index (χ0v) is 16.9. The van der Waals surface area contributed by atoms with E-state index in [0.717, 1.165) is 0 Å². The van der Waals surface area contributed by atoms with Crippen LogP contribution in [0.5, 0.6) is 0 Å². The van der Waals surface area contributed by atoms with Crippen LogP contribution < -0.4 is 0 Å². The van der Waals surface area contributed by atoms with Gasteiger partial charge in [-0.1, -0.05) is 18.2 Å². The van der Waals surface area contributed by atoms with Crippen molar-refractivity contribution in [2.75, 3.05) is 0 Å². The minimum absolute atomic E-state index is 0.0850. The lowest BCUT2D eigenvalue weighted by Crippen LogP contribution is -1.88. The number of rotatable bonds is 6. The van der Waals surface area contributed by atoms with Gasteiger partial charge in [-0.2, -0.15) is 0 Å². The van der Waals surface area contributed by atoms with Crippen LogP contribution in [0.25, 0.3) is 46.1 Å². The third kappa shape index (κ3) is 3.95. The molecule has 0 aliphatic rings. The largest absolute Gasteiger partial charge is 0.415 e. The fourth-order valence-corrected chi connectivity index (χ4v) is 3.06. The van der Waals surface area contributed by atoms with Gasteiger partial charge in [0.1, 0.15) is 11.4 Å². The standard InChI is InChI=1S/C21H11N7O6/c29-27(30)14-6-1-4-12(10-14)18-23-25-20(33-18)16-8-3-9-17(22-16)21-26-24-19(34-21)13-5-2-7-15(11-13)28(31)32/h1-11H. The predicted molar refractivity (Wildman–Crippen MR) is 115 cm³/mol. The number of benzene rings is 2. The molecule has 0 atom stereocenters. The van der Waals surface area contributed by atoms with Crippen molar-refractivity contribution in [3.05, 3.63) is 87.0 Å². The Morgan fingerprint density at radius 3 is 1.44 bits per heavy atom. The van der Waals surface area contributed by atoms with E-state index in [1.807, 2.05) is 0 Å². The summed E-state index contributed by atoms with van der Waals surface area (Å²) < 4.78 is 11.3. The molecule has 13 nitrogen and oxygen atoms in total. The number of nitro benzene ring substituents is 2. The van der Waals surface area contributed by atoms with Crippen LogP contribution in [-0.4, -0.2) is 35.2 Å². The smallest absolute Gasteiger partial charge is 0.270 e. The maximum absolute atomic E-state index is 11.0. The van der Waals surface area contributed by atoms with Gasteiger partial charge in [-0.05, 0) is 24.3 Å². The second-order valence-electron chi connectivity index (χ2n) is 6.85.